The van der Waals surface area contributed by atoms with Gasteiger partial charge in [0.25, 0.3) is 0 Å². The fourth-order valence-corrected chi connectivity index (χ4v) is 3.46. The summed E-state index contributed by atoms with van der Waals surface area (Å²) in [6.07, 6.45) is 4.60. The number of amides is 2. The van der Waals surface area contributed by atoms with E-state index in [2.05, 4.69) is 17.6 Å². The Bertz CT molecular complexity index is 852. The van der Waals surface area contributed by atoms with E-state index in [1.54, 1.807) is 19.2 Å². The third-order valence-electron chi connectivity index (χ3n) is 4.85. The monoisotopic (exact) mass is 345 g/mol. The highest BCUT2D eigenvalue weighted by atomic mass is 16.4. The minimum absolute atomic E-state index is 0.363. The largest absolute Gasteiger partial charge is 0.419 e. The van der Waals surface area contributed by atoms with Crippen LogP contribution in [0.2, 0.25) is 0 Å². The number of fused-ring (bicyclic) bond motifs is 1. The van der Waals surface area contributed by atoms with E-state index in [0.29, 0.717) is 35.2 Å². The van der Waals surface area contributed by atoms with Crippen molar-refractivity contribution < 1.29 is 14.0 Å². The summed E-state index contributed by atoms with van der Waals surface area (Å²) < 4.78 is 6.45. The number of carbonyl (C=O) groups is 2. The second kappa shape index (κ2) is 7.13. The molecule has 7 nitrogen and oxygen atoms in total. The number of benzene rings is 1. The van der Waals surface area contributed by atoms with E-state index in [0.717, 1.165) is 12.8 Å². The molecular weight excluding hydrogens is 322 g/mol. The molecule has 0 spiro atoms. The number of aryl methyl sites for hydroxylation is 1. The lowest BCUT2D eigenvalue weighted by Crippen LogP contribution is -2.38. The maximum atomic E-state index is 12.0. The third kappa shape index (κ3) is 3.92. The van der Waals surface area contributed by atoms with Gasteiger partial charge in [0, 0.05) is 25.3 Å². The van der Waals surface area contributed by atoms with Crippen molar-refractivity contribution >= 4 is 28.6 Å². The van der Waals surface area contributed by atoms with Gasteiger partial charge in [0.15, 0.2) is 5.58 Å². The molecule has 7 heteroatoms. The predicted octanol–water partition coefficient (Wildman–Crippen LogP) is 2.01. The fourth-order valence-electron chi connectivity index (χ4n) is 3.46. The Balaban J connectivity index is 1.57. The highest BCUT2D eigenvalue weighted by Gasteiger charge is 2.21. The SMILES string of the molecule is C[C@@H]1CCC[C@@H](CNC(=O)C(=O)Nc2ccc3c(c2)oc(=O)n3C)C1. The van der Waals surface area contributed by atoms with Gasteiger partial charge in [-0.2, -0.15) is 0 Å². The predicted molar refractivity (Wildman–Crippen MR) is 94.2 cm³/mol. The van der Waals surface area contributed by atoms with Crippen LogP contribution in [0.1, 0.15) is 32.6 Å². The van der Waals surface area contributed by atoms with Crippen LogP contribution in [0.4, 0.5) is 5.69 Å². The number of rotatable bonds is 3. The van der Waals surface area contributed by atoms with Crippen LogP contribution in [0.3, 0.4) is 0 Å². The Labute approximate surface area is 145 Å². The lowest BCUT2D eigenvalue weighted by atomic mass is 9.82. The molecule has 2 N–H and O–H groups in total. The number of hydrogen-bond acceptors (Lipinski definition) is 4. The maximum Gasteiger partial charge on any atom is 0.419 e. The standard InChI is InChI=1S/C18H23N3O4/c1-11-4-3-5-12(8-11)10-19-16(22)17(23)20-13-6-7-14-15(9-13)25-18(24)21(14)2/h6-7,9,11-12H,3-5,8,10H2,1-2H3,(H,19,22)(H,20,23)/t11-,12-/m1/s1. The van der Waals surface area contributed by atoms with Crippen molar-refractivity contribution in [2.45, 2.75) is 32.6 Å². The van der Waals surface area contributed by atoms with Crippen LogP contribution in [-0.2, 0) is 16.6 Å². The first-order valence-electron chi connectivity index (χ1n) is 8.63. The van der Waals surface area contributed by atoms with Gasteiger partial charge in [-0.15, -0.1) is 0 Å². The number of nitrogens with zero attached hydrogens (tertiary/aromatic N) is 1. The Morgan fingerprint density at radius 1 is 1.28 bits per heavy atom. The number of carbonyl (C=O) groups excluding carboxylic acids is 2. The van der Waals surface area contributed by atoms with Crippen LogP contribution in [0, 0.1) is 11.8 Å². The fraction of sp³-hybridized carbons (Fsp3) is 0.500. The molecule has 0 aliphatic heterocycles. The van der Waals surface area contributed by atoms with Crippen LogP contribution in [0.15, 0.2) is 27.4 Å². The summed E-state index contributed by atoms with van der Waals surface area (Å²) >= 11 is 0. The zero-order valence-electron chi connectivity index (χ0n) is 14.5. The van der Waals surface area contributed by atoms with Crippen molar-refractivity contribution in [2.75, 3.05) is 11.9 Å². The van der Waals surface area contributed by atoms with Crippen molar-refractivity contribution in [3.8, 4) is 0 Å². The van der Waals surface area contributed by atoms with Crippen LogP contribution in [0.5, 0.6) is 0 Å². The zero-order valence-corrected chi connectivity index (χ0v) is 14.5. The van der Waals surface area contributed by atoms with E-state index >= 15 is 0 Å². The van der Waals surface area contributed by atoms with Gasteiger partial charge in [0.2, 0.25) is 0 Å². The normalized spacial score (nSPS) is 20.4. The molecular formula is C18H23N3O4. The second-order valence-electron chi connectivity index (χ2n) is 6.91. The molecule has 1 aromatic carbocycles. The number of hydrogen-bond donors (Lipinski definition) is 2. The Morgan fingerprint density at radius 3 is 2.84 bits per heavy atom. The average Bonchev–Trinajstić information content (AvgIpc) is 2.86. The number of aromatic nitrogens is 1. The van der Waals surface area contributed by atoms with Crippen LogP contribution in [-0.4, -0.2) is 22.9 Å². The van der Waals surface area contributed by atoms with Crippen molar-refractivity contribution in [1.82, 2.24) is 9.88 Å². The van der Waals surface area contributed by atoms with Gasteiger partial charge in [-0.05, 0) is 36.8 Å². The summed E-state index contributed by atoms with van der Waals surface area (Å²) in [7, 11) is 1.60. The van der Waals surface area contributed by atoms with Crippen molar-refractivity contribution in [2.24, 2.45) is 18.9 Å². The van der Waals surface area contributed by atoms with Gasteiger partial charge in [-0.25, -0.2) is 4.79 Å². The molecule has 1 aromatic heterocycles. The Kier molecular flexibility index (Phi) is 4.92. The minimum Gasteiger partial charge on any atom is -0.408 e. The van der Waals surface area contributed by atoms with Crippen molar-refractivity contribution in [1.29, 1.82) is 0 Å². The van der Waals surface area contributed by atoms with Crippen LogP contribution < -0.4 is 16.4 Å². The molecule has 3 rings (SSSR count). The average molecular weight is 345 g/mol. The maximum absolute atomic E-state index is 12.0. The highest BCUT2D eigenvalue weighted by Crippen LogP contribution is 2.27. The summed E-state index contributed by atoms with van der Waals surface area (Å²) in [4.78, 5) is 35.5. The van der Waals surface area contributed by atoms with Crippen molar-refractivity contribution in [3.63, 3.8) is 0 Å². The Morgan fingerprint density at radius 2 is 2.08 bits per heavy atom. The van der Waals surface area contributed by atoms with Gasteiger partial charge in [0.05, 0.1) is 5.52 Å². The van der Waals surface area contributed by atoms with Crippen LogP contribution >= 0.6 is 0 Å². The first-order chi connectivity index (χ1) is 11.9. The van der Waals surface area contributed by atoms with Gasteiger partial charge < -0.3 is 15.1 Å². The summed E-state index contributed by atoms with van der Waals surface area (Å²) in [5, 5.41) is 5.25. The van der Waals surface area contributed by atoms with Gasteiger partial charge in [-0.3, -0.25) is 14.2 Å². The molecule has 0 saturated heterocycles. The molecule has 2 amide bonds. The lowest BCUT2D eigenvalue weighted by molar-refractivity contribution is -0.136. The van der Waals surface area contributed by atoms with E-state index in [1.807, 2.05) is 0 Å². The molecule has 1 heterocycles. The number of oxazole rings is 1. The van der Waals surface area contributed by atoms with E-state index in [9.17, 15) is 14.4 Å². The number of nitrogens with one attached hydrogen (secondary N) is 2. The molecule has 0 unspecified atom stereocenters. The molecule has 1 aliphatic carbocycles. The van der Waals surface area contributed by atoms with E-state index in [4.69, 9.17) is 4.42 Å². The molecule has 134 valence electrons. The quantitative estimate of drug-likeness (QED) is 0.832. The molecule has 1 saturated carbocycles. The highest BCUT2D eigenvalue weighted by molar-refractivity contribution is 6.39. The molecule has 1 fully saturated rings. The van der Waals surface area contributed by atoms with Crippen molar-refractivity contribution in [3.05, 3.63) is 28.7 Å². The molecule has 2 aromatic rings. The van der Waals surface area contributed by atoms with Gasteiger partial charge in [-0.1, -0.05) is 19.8 Å². The first kappa shape index (κ1) is 17.3. The smallest absolute Gasteiger partial charge is 0.408 e. The minimum atomic E-state index is -0.721. The van der Waals surface area contributed by atoms with Crippen LogP contribution in [0.25, 0.3) is 11.1 Å². The molecule has 0 bridgehead atoms. The summed E-state index contributed by atoms with van der Waals surface area (Å²) in [5.74, 6) is -0.723. The van der Waals surface area contributed by atoms with E-state index < -0.39 is 17.6 Å². The summed E-state index contributed by atoms with van der Waals surface area (Å²) in [6, 6.07) is 4.83. The second-order valence-corrected chi connectivity index (χ2v) is 6.91. The zero-order chi connectivity index (χ0) is 18.0. The summed E-state index contributed by atoms with van der Waals surface area (Å²) in [5.41, 5.74) is 1.40. The molecule has 2 atom stereocenters. The molecule has 1 aliphatic rings. The van der Waals surface area contributed by atoms with E-state index in [1.165, 1.54) is 23.5 Å². The lowest BCUT2D eigenvalue weighted by Gasteiger charge is -2.26. The molecule has 0 radical (unpaired) electrons. The van der Waals surface area contributed by atoms with E-state index in [-0.39, 0.29) is 0 Å². The first-order valence-corrected chi connectivity index (χ1v) is 8.63. The number of anilines is 1. The third-order valence-corrected chi connectivity index (χ3v) is 4.85. The van der Waals surface area contributed by atoms with Gasteiger partial charge in [0.1, 0.15) is 0 Å². The van der Waals surface area contributed by atoms with Gasteiger partial charge >= 0.3 is 17.6 Å². The molecule has 25 heavy (non-hydrogen) atoms. The Hall–Kier alpha value is -2.57. The summed E-state index contributed by atoms with van der Waals surface area (Å²) in [6.45, 7) is 2.75. The topological polar surface area (TPSA) is 93.3 Å².